The second-order valence-electron chi connectivity index (χ2n) is 4.58. The Morgan fingerprint density at radius 3 is 2.36 bits per heavy atom. The van der Waals surface area contributed by atoms with Gasteiger partial charge in [-0.05, 0) is 30.3 Å². The molecule has 0 aliphatic heterocycles. The van der Waals surface area contributed by atoms with Crippen molar-refractivity contribution in [2.24, 2.45) is 0 Å². The number of carbonyl (C=O) groups excluding carboxylic acids is 1. The Morgan fingerprint density at radius 1 is 1.09 bits per heavy atom. The molecule has 5 nitrogen and oxygen atoms in total. The predicted octanol–water partition coefficient (Wildman–Crippen LogP) is 2.31. The lowest BCUT2D eigenvalue weighted by Crippen LogP contribution is -2.25. The molecule has 0 amide bonds. The number of rotatable bonds is 2. The number of nitrogens with zero attached hydrogens (tertiary/aromatic N) is 2. The quantitative estimate of drug-likeness (QED) is 0.681. The van der Waals surface area contributed by atoms with Gasteiger partial charge in [0.25, 0.3) is 5.56 Å². The standard InChI is InChI=1S/C16H11FN2O3/c1-22-16(21)14-12-4-2-3-5-13(12)15(20)19(18-14)11-8-6-10(17)7-9-11/h2-9H,1H3. The lowest BCUT2D eigenvalue weighted by Gasteiger charge is -2.09. The van der Waals surface area contributed by atoms with Gasteiger partial charge in [-0.25, -0.2) is 9.18 Å². The van der Waals surface area contributed by atoms with E-state index in [1.54, 1.807) is 24.3 Å². The maximum absolute atomic E-state index is 13.0. The van der Waals surface area contributed by atoms with Crippen molar-refractivity contribution in [2.45, 2.75) is 0 Å². The Kier molecular flexibility index (Phi) is 3.42. The van der Waals surface area contributed by atoms with E-state index >= 15 is 0 Å². The third-order valence-corrected chi connectivity index (χ3v) is 3.25. The average Bonchev–Trinajstić information content (AvgIpc) is 2.56. The molecular weight excluding hydrogens is 287 g/mol. The Hall–Kier alpha value is -3.02. The van der Waals surface area contributed by atoms with Crippen molar-refractivity contribution in [2.75, 3.05) is 7.11 Å². The zero-order valence-electron chi connectivity index (χ0n) is 11.6. The van der Waals surface area contributed by atoms with Crippen LogP contribution < -0.4 is 5.56 Å². The summed E-state index contributed by atoms with van der Waals surface area (Å²) in [5.74, 6) is -1.07. The molecule has 0 unspecified atom stereocenters. The van der Waals surface area contributed by atoms with Crippen LogP contribution in [0.2, 0.25) is 0 Å². The molecule has 0 bridgehead atoms. The highest BCUT2D eigenvalue weighted by atomic mass is 19.1. The second-order valence-corrected chi connectivity index (χ2v) is 4.58. The highest BCUT2D eigenvalue weighted by molar-refractivity contribution is 6.02. The third-order valence-electron chi connectivity index (χ3n) is 3.25. The van der Waals surface area contributed by atoms with Crippen LogP contribution in [-0.4, -0.2) is 22.9 Å². The van der Waals surface area contributed by atoms with Crippen molar-refractivity contribution in [3.05, 3.63) is 70.4 Å². The fourth-order valence-electron chi connectivity index (χ4n) is 2.19. The molecule has 110 valence electrons. The Morgan fingerprint density at radius 2 is 1.73 bits per heavy atom. The van der Waals surface area contributed by atoms with Gasteiger partial charge in [0.05, 0.1) is 18.2 Å². The summed E-state index contributed by atoms with van der Waals surface area (Å²) in [6.45, 7) is 0. The lowest BCUT2D eigenvalue weighted by molar-refractivity contribution is 0.0594. The van der Waals surface area contributed by atoms with Crippen molar-refractivity contribution in [1.29, 1.82) is 0 Å². The Balaban J connectivity index is 2.36. The first-order chi connectivity index (χ1) is 10.6. The smallest absolute Gasteiger partial charge is 0.359 e. The molecule has 0 aliphatic rings. The van der Waals surface area contributed by atoms with Crippen LogP contribution in [-0.2, 0) is 4.74 Å². The molecule has 0 radical (unpaired) electrons. The maximum Gasteiger partial charge on any atom is 0.359 e. The SMILES string of the molecule is COC(=O)c1nn(-c2ccc(F)cc2)c(=O)c2ccccc12. The van der Waals surface area contributed by atoms with Crippen molar-refractivity contribution in [3.63, 3.8) is 0 Å². The van der Waals surface area contributed by atoms with Crippen molar-refractivity contribution >= 4 is 16.7 Å². The first-order valence-corrected chi connectivity index (χ1v) is 6.48. The molecule has 3 rings (SSSR count). The van der Waals surface area contributed by atoms with Crippen molar-refractivity contribution < 1.29 is 13.9 Å². The molecule has 0 fully saturated rings. The number of carbonyl (C=O) groups is 1. The molecule has 0 atom stereocenters. The lowest BCUT2D eigenvalue weighted by atomic mass is 10.1. The molecule has 2 aromatic carbocycles. The summed E-state index contributed by atoms with van der Waals surface area (Å²) in [5, 5.41) is 4.83. The number of hydrogen-bond donors (Lipinski definition) is 0. The van der Waals surface area contributed by atoms with Crippen LogP contribution in [0.3, 0.4) is 0 Å². The number of methoxy groups -OCH3 is 1. The van der Waals surface area contributed by atoms with Crippen LogP contribution >= 0.6 is 0 Å². The van der Waals surface area contributed by atoms with E-state index in [-0.39, 0.29) is 5.69 Å². The summed E-state index contributed by atoms with van der Waals surface area (Å²) in [5.41, 5.74) is -0.000748. The molecule has 1 heterocycles. The Labute approximate surface area is 124 Å². The fourth-order valence-corrected chi connectivity index (χ4v) is 2.19. The van der Waals surface area contributed by atoms with Crippen LogP contribution in [0.15, 0.2) is 53.3 Å². The van der Waals surface area contributed by atoms with Crippen LogP contribution in [0.4, 0.5) is 4.39 Å². The van der Waals surface area contributed by atoms with E-state index in [0.717, 1.165) is 4.68 Å². The zero-order chi connectivity index (χ0) is 15.7. The Bertz CT molecular complexity index is 917. The molecule has 6 heteroatoms. The van der Waals surface area contributed by atoms with Crippen LogP contribution in [0, 0.1) is 5.82 Å². The molecule has 0 saturated carbocycles. The average molecular weight is 298 g/mol. The number of ether oxygens (including phenoxy) is 1. The summed E-state index contributed by atoms with van der Waals surface area (Å²) < 4.78 is 18.8. The molecule has 0 N–H and O–H groups in total. The molecule has 22 heavy (non-hydrogen) atoms. The highest BCUT2D eigenvalue weighted by Gasteiger charge is 2.17. The minimum Gasteiger partial charge on any atom is -0.464 e. The van der Waals surface area contributed by atoms with E-state index in [4.69, 9.17) is 4.74 Å². The highest BCUT2D eigenvalue weighted by Crippen LogP contribution is 2.16. The summed E-state index contributed by atoms with van der Waals surface area (Å²) in [4.78, 5) is 24.4. The molecule has 0 spiro atoms. The van der Waals surface area contributed by atoms with Gasteiger partial charge in [-0.3, -0.25) is 4.79 Å². The number of halogens is 1. The molecule has 3 aromatic rings. The molecule has 1 aromatic heterocycles. The molecular formula is C16H11FN2O3. The topological polar surface area (TPSA) is 61.2 Å². The number of esters is 1. The van der Waals surface area contributed by atoms with E-state index in [0.29, 0.717) is 16.5 Å². The van der Waals surface area contributed by atoms with E-state index in [9.17, 15) is 14.0 Å². The van der Waals surface area contributed by atoms with E-state index in [2.05, 4.69) is 5.10 Å². The largest absolute Gasteiger partial charge is 0.464 e. The van der Waals surface area contributed by atoms with Gasteiger partial charge < -0.3 is 4.74 Å². The zero-order valence-corrected chi connectivity index (χ0v) is 11.6. The van der Waals surface area contributed by atoms with Crippen LogP contribution in [0.5, 0.6) is 0 Å². The van der Waals surface area contributed by atoms with Gasteiger partial charge >= 0.3 is 5.97 Å². The summed E-state index contributed by atoms with van der Waals surface area (Å²) in [6, 6.07) is 11.9. The second kappa shape index (κ2) is 5.40. The summed E-state index contributed by atoms with van der Waals surface area (Å²) >= 11 is 0. The van der Waals surface area contributed by atoms with Gasteiger partial charge in [0.15, 0.2) is 5.69 Å². The van der Waals surface area contributed by atoms with Gasteiger partial charge in [-0.1, -0.05) is 18.2 Å². The van der Waals surface area contributed by atoms with Crippen LogP contribution in [0.25, 0.3) is 16.5 Å². The summed E-state index contributed by atoms with van der Waals surface area (Å²) in [7, 11) is 1.24. The first-order valence-electron chi connectivity index (χ1n) is 6.48. The normalized spacial score (nSPS) is 10.6. The van der Waals surface area contributed by atoms with Gasteiger partial charge in [0.1, 0.15) is 5.82 Å². The van der Waals surface area contributed by atoms with Gasteiger partial charge in [-0.15, -0.1) is 0 Å². The van der Waals surface area contributed by atoms with Gasteiger partial charge in [0.2, 0.25) is 0 Å². The molecule has 0 aliphatic carbocycles. The van der Waals surface area contributed by atoms with Crippen molar-refractivity contribution in [3.8, 4) is 5.69 Å². The van der Waals surface area contributed by atoms with Gasteiger partial charge in [0, 0.05) is 5.39 Å². The third kappa shape index (κ3) is 2.24. The number of hydrogen-bond acceptors (Lipinski definition) is 4. The number of fused-ring (bicyclic) bond motifs is 1. The first kappa shape index (κ1) is 13.9. The predicted molar refractivity (Wildman–Crippen MR) is 78.6 cm³/mol. The monoisotopic (exact) mass is 298 g/mol. The summed E-state index contributed by atoms with van der Waals surface area (Å²) in [6.07, 6.45) is 0. The number of aromatic nitrogens is 2. The molecule has 0 saturated heterocycles. The van der Waals surface area contributed by atoms with Gasteiger partial charge in [-0.2, -0.15) is 9.78 Å². The van der Waals surface area contributed by atoms with E-state index < -0.39 is 17.3 Å². The number of benzene rings is 2. The minimum absolute atomic E-state index is 0.0297. The van der Waals surface area contributed by atoms with Crippen LogP contribution in [0.1, 0.15) is 10.5 Å². The maximum atomic E-state index is 13.0. The van der Waals surface area contributed by atoms with E-state index in [1.165, 1.54) is 31.4 Å². The minimum atomic E-state index is -0.646. The van der Waals surface area contributed by atoms with E-state index in [1.807, 2.05) is 0 Å². The fraction of sp³-hybridized carbons (Fsp3) is 0.0625. The van der Waals surface area contributed by atoms with Crippen molar-refractivity contribution in [1.82, 2.24) is 9.78 Å².